The summed E-state index contributed by atoms with van der Waals surface area (Å²) in [4.78, 5) is 10.7. The molecule has 0 atom stereocenters. The molecule has 1 aromatic carbocycles. The van der Waals surface area contributed by atoms with Crippen molar-refractivity contribution in [3.05, 3.63) is 23.8 Å². The molecule has 0 fully saturated rings. The number of benzene rings is 1. The Balaban J connectivity index is 2.34. The number of carbonyl (C=O) groups is 1. The molecular formula is C13H17NO5S. The Morgan fingerprint density at radius 2 is 2.10 bits per heavy atom. The van der Waals surface area contributed by atoms with Gasteiger partial charge in [-0.25, -0.2) is 8.42 Å². The van der Waals surface area contributed by atoms with E-state index in [0.29, 0.717) is 12.2 Å². The normalized spacial score (nSPS) is 16.8. The van der Waals surface area contributed by atoms with Gasteiger partial charge in [-0.3, -0.25) is 4.79 Å². The molecule has 0 radical (unpaired) electrons. The van der Waals surface area contributed by atoms with Gasteiger partial charge in [-0.1, -0.05) is 0 Å². The van der Waals surface area contributed by atoms with Crippen LogP contribution in [0.1, 0.15) is 19.4 Å². The highest BCUT2D eigenvalue weighted by atomic mass is 32.2. The summed E-state index contributed by atoms with van der Waals surface area (Å²) in [7, 11) is -2.55. The number of likely N-dealkylation sites (N-methyl/N-ethyl adjacent to an activating group) is 1. The molecule has 0 saturated carbocycles. The molecule has 20 heavy (non-hydrogen) atoms. The van der Waals surface area contributed by atoms with E-state index in [2.05, 4.69) is 0 Å². The maximum Gasteiger partial charge on any atom is 0.318 e. The van der Waals surface area contributed by atoms with Crippen LogP contribution < -0.4 is 4.74 Å². The third-order valence-electron chi connectivity index (χ3n) is 3.10. The van der Waals surface area contributed by atoms with Crippen molar-refractivity contribution in [2.75, 3.05) is 13.6 Å². The molecule has 0 spiro atoms. The van der Waals surface area contributed by atoms with Gasteiger partial charge in [0.25, 0.3) is 0 Å². The summed E-state index contributed by atoms with van der Waals surface area (Å²) in [5.41, 5.74) is 0.470. The van der Waals surface area contributed by atoms with Gasteiger partial charge in [0.05, 0.1) is 4.90 Å². The van der Waals surface area contributed by atoms with Crippen molar-refractivity contribution in [3.8, 4) is 5.75 Å². The Kier molecular flexibility index (Phi) is 3.51. The van der Waals surface area contributed by atoms with Crippen LogP contribution in [0, 0.1) is 0 Å². The average molecular weight is 299 g/mol. The van der Waals surface area contributed by atoms with Crippen LogP contribution in [0.25, 0.3) is 0 Å². The first-order chi connectivity index (χ1) is 9.12. The molecule has 0 saturated heterocycles. The zero-order valence-electron chi connectivity index (χ0n) is 11.6. The summed E-state index contributed by atoms with van der Waals surface area (Å²) in [6.45, 7) is 3.29. The highest BCUT2D eigenvalue weighted by Crippen LogP contribution is 2.36. The second-order valence-electron chi connectivity index (χ2n) is 5.46. The van der Waals surface area contributed by atoms with E-state index in [1.54, 1.807) is 12.1 Å². The van der Waals surface area contributed by atoms with Crippen LogP contribution >= 0.6 is 0 Å². The number of aliphatic carboxylic acids is 1. The molecule has 110 valence electrons. The molecule has 1 aliphatic heterocycles. The Hall–Kier alpha value is -1.60. The third kappa shape index (κ3) is 2.78. The van der Waals surface area contributed by atoms with Crippen molar-refractivity contribution in [1.82, 2.24) is 4.31 Å². The fraction of sp³-hybridized carbons (Fsp3) is 0.462. The summed E-state index contributed by atoms with van der Waals surface area (Å²) in [5, 5.41) is 8.69. The molecule has 2 rings (SSSR count). The molecule has 0 bridgehead atoms. The number of fused-ring (bicyclic) bond motifs is 1. The van der Waals surface area contributed by atoms with E-state index in [0.717, 1.165) is 9.87 Å². The van der Waals surface area contributed by atoms with E-state index < -0.39 is 22.5 Å². The van der Waals surface area contributed by atoms with Crippen LogP contribution in [0.3, 0.4) is 0 Å². The minimum Gasteiger partial charge on any atom is -0.487 e. The summed E-state index contributed by atoms with van der Waals surface area (Å²) >= 11 is 0. The zero-order valence-corrected chi connectivity index (χ0v) is 12.4. The molecule has 1 aliphatic rings. The van der Waals surface area contributed by atoms with E-state index >= 15 is 0 Å². The number of nitrogens with zero attached hydrogens (tertiary/aromatic N) is 1. The van der Waals surface area contributed by atoms with Gasteiger partial charge in [0.1, 0.15) is 17.9 Å². The van der Waals surface area contributed by atoms with Gasteiger partial charge in [0.15, 0.2) is 0 Å². The van der Waals surface area contributed by atoms with Crippen LogP contribution in [-0.2, 0) is 21.2 Å². The largest absolute Gasteiger partial charge is 0.487 e. The van der Waals surface area contributed by atoms with E-state index in [4.69, 9.17) is 9.84 Å². The lowest BCUT2D eigenvalue weighted by Gasteiger charge is -2.16. The Morgan fingerprint density at radius 1 is 1.45 bits per heavy atom. The molecule has 6 nitrogen and oxygen atoms in total. The van der Waals surface area contributed by atoms with Gasteiger partial charge in [-0.05, 0) is 37.6 Å². The van der Waals surface area contributed by atoms with E-state index in [1.807, 2.05) is 13.8 Å². The maximum atomic E-state index is 12.3. The van der Waals surface area contributed by atoms with Gasteiger partial charge < -0.3 is 9.84 Å². The lowest BCUT2D eigenvalue weighted by molar-refractivity contribution is -0.137. The number of rotatable bonds is 4. The minimum absolute atomic E-state index is 0.0845. The van der Waals surface area contributed by atoms with Gasteiger partial charge >= 0.3 is 5.97 Å². The van der Waals surface area contributed by atoms with Gasteiger partial charge in [0.2, 0.25) is 10.0 Å². The monoisotopic (exact) mass is 299 g/mol. The molecule has 1 heterocycles. The smallest absolute Gasteiger partial charge is 0.318 e. The second-order valence-corrected chi connectivity index (χ2v) is 7.51. The van der Waals surface area contributed by atoms with Gasteiger partial charge in [0, 0.05) is 13.5 Å². The van der Waals surface area contributed by atoms with Crippen LogP contribution in [0.4, 0.5) is 0 Å². The number of hydrogen-bond donors (Lipinski definition) is 1. The molecule has 1 N–H and O–H groups in total. The third-order valence-corrected chi connectivity index (χ3v) is 4.90. The maximum absolute atomic E-state index is 12.3. The average Bonchev–Trinajstić information content (AvgIpc) is 2.60. The summed E-state index contributed by atoms with van der Waals surface area (Å²) < 4.78 is 31.0. The first-order valence-electron chi connectivity index (χ1n) is 6.12. The van der Waals surface area contributed by atoms with Crippen LogP contribution in [-0.4, -0.2) is 43.0 Å². The number of sulfonamides is 1. The minimum atomic E-state index is -3.80. The number of carboxylic acids is 1. The van der Waals surface area contributed by atoms with Crippen molar-refractivity contribution in [1.29, 1.82) is 0 Å². The molecule has 0 amide bonds. The number of hydrogen-bond acceptors (Lipinski definition) is 4. The SMILES string of the molecule is CN(CC(=O)O)S(=O)(=O)c1ccc2c(c1)CC(C)(C)O2. The topological polar surface area (TPSA) is 83.9 Å². The fourth-order valence-electron chi connectivity index (χ4n) is 2.20. The van der Waals surface area contributed by atoms with Crippen molar-refractivity contribution in [2.24, 2.45) is 0 Å². The predicted molar refractivity (Wildman–Crippen MR) is 72.3 cm³/mol. The second kappa shape index (κ2) is 4.75. The fourth-order valence-corrected chi connectivity index (χ4v) is 3.37. The lowest BCUT2D eigenvalue weighted by Crippen LogP contribution is -2.32. The van der Waals surface area contributed by atoms with Crippen LogP contribution in [0.5, 0.6) is 5.75 Å². The first kappa shape index (κ1) is 14.8. The Morgan fingerprint density at radius 3 is 2.70 bits per heavy atom. The van der Waals surface area contributed by atoms with Crippen LogP contribution in [0.2, 0.25) is 0 Å². The van der Waals surface area contributed by atoms with Gasteiger partial charge in [-0.15, -0.1) is 0 Å². The van der Waals surface area contributed by atoms with E-state index in [-0.39, 0.29) is 10.5 Å². The number of carboxylic acid groups (broad SMARTS) is 1. The highest BCUT2D eigenvalue weighted by Gasteiger charge is 2.32. The summed E-state index contributed by atoms with van der Waals surface area (Å²) in [6, 6.07) is 4.61. The molecule has 0 aromatic heterocycles. The Labute approximate surface area is 118 Å². The van der Waals surface area contributed by atoms with E-state index in [9.17, 15) is 13.2 Å². The lowest BCUT2D eigenvalue weighted by atomic mass is 10.0. The molecular weight excluding hydrogens is 282 g/mol. The molecule has 0 aliphatic carbocycles. The number of ether oxygens (including phenoxy) is 1. The molecule has 0 unspecified atom stereocenters. The summed E-state index contributed by atoms with van der Waals surface area (Å²) in [5.74, 6) is -0.517. The predicted octanol–water partition coefficient (Wildman–Crippen LogP) is 1.11. The standard InChI is InChI=1S/C13H17NO5S/c1-13(2)7-9-6-10(4-5-11(9)19-13)20(17,18)14(3)8-12(15)16/h4-6H,7-8H2,1-3H3,(H,15,16). The van der Waals surface area contributed by atoms with E-state index in [1.165, 1.54) is 13.1 Å². The Bertz CT molecular complexity index is 651. The summed E-state index contributed by atoms with van der Waals surface area (Å²) in [6.07, 6.45) is 0.619. The quantitative estimate of drug-likeness (QED) is 0.900. The first-order valence-corrected chi connectivity index (χ1v) is 7.56. The van der Waals surface area contributed by atoms with Crippen molar-refractivity contribution >= 4 is 16.0 Å². The highest BCUT2D eigenvalue weighted by molar-refractivity contribution is 7.89. The van der Waals surface area contributed by atoms with Gasteiger partial charge in [-0.2, -0.15) is 4.31 Å². The molecule has 7 heteroatoms. The zero-order chi connectivity index (χ0) is 15.1. The van der Waals surface area contributed by atoms with Crippen molar-refractivity contribution in [3.63, 3.8) is 0 Å². The van der Waals surface area contributed by atoms with Crippen molar-refractivity contribution < 1.29 is 23.1 Å². The van der Waals surface area contributed by atoms with Crippen LogP contribution in [0.15, 0.2) is 23.1 Å². The molecule has 1 aromatic rings. The van der Waals surface area contributed by atoms with Crippen molar-refractivity contribution in [2.45, 2.75) is 30.8 Å².